The van der Waals surface area contributed by atoms with Gasteiger partial charge >= 0.3 is 0 Å². The smallest absolute Gasteiger partial charge is 0.119 e. The number of hydrogen-bond acceptors (Lipinski definition) is 4. The Hall–Kier alpha value is -1.10. The summed E-state index contributed by atoms with van der Waals surface area (Å²) in [4.78, 5) is 0. The van der Waals surface area contributed by atoms with Gasteiger partial charge in [0.05, 0.1) is 12.7 Å². The molecule has 1 fully saturated rings. The molecule has 1 aromatic carbocycles. The summed E-state index contributed by atoms with van der Waals surface area (Å²) in [7, 11) is 3.49. The Morgan fingerprint density at radius 2 is 2.16 bits per heavy atom. The lowest BCUT2D eigenvalue weighted by Crippen LogP contribution is -2.48. The molecule has 0 aromatic heterocycles. The zero-order valence-corrected chi connectivity index (χ0v) is 11.8. The third-order valence-corrected chi connectivity index (χ3v) is 4.17. The fourth-order valence-corrected chi connectivity index (χ4v) is 2.79. The molecule has 0 aliphatic heterocycles. The third kappa shape index (κ3) is 3.47. The van der Waals surface area contributed by atoms with Crippen LogP contribution in [0, 0.1) is 0 Å². The molecule has 4 nitrogen and oxygen atoms in total. The van der Waals surface area contributed by atoms with E-state index in [0.29, 0.717) is 0 Å². The molecule has 0 amide bonds. The van der Waals surface area contributed by atoms with Crippen LogP contribution in [-0.2, 0) is 11.2 Å². The van der Waals surface area contributed by atoms with E-state index in [1.54, 1.807) is 14.2 Å². The van der Waals surface area contributed by atoms with Crippen molar-refractivity contribution in [1.82, 2.24) is 5.43 Å². The lowest BCUT2D eigenvalue weighted by Gasteiger charge is -2.42. The molecule has 1 unspecified atom stereocenters. The van der Waals surface area contributed by atoms with Crippen LogP contribution in [0.25, 0.3) is 0 Å². The minimum atomic E-state index is 0.0376. The first kappa shape index (κ1) is 14.3. The third-order valence-electron chi connectivity index (χ3n) is 4.17. The standard InChI is InChI=1S/C15H24N2O2/c1-18-14-6-3-5-12(10-14)9-13(17-16)11-15(19-2)7-4-8-15/h3,5-6,10,13,17H,4,7-9,11,16H2,1-2H3. The predicted octanol–water partition coefficient (Wildman–Crippen LogP) is 2.03. The van der Waals surface area contributed by atoms with Gasteiger partial charge in [-0.1, -0.05) is 12.1 Å². The molecular weight excluding hydrogens is 240 g/mol. The molecule has 106 valence electrons. The number of rotatable bonds is 7. The maximum atomic E-state index is 5.70. The average Bonchev–Trinajstić information content (AvgIpc) is 2.41. The Balaban J connectivity index is 1.98. The lowest BCUT2D eigenvalue weighted by atomic mass is 9.75. The molecule has 1 aliphatic rings. The van der Waals surface area contributed by atoms with Gasteiger partial charge in [-0.15, -0.1) is 0 Å². The summed E-state index contributed by atoms with van der Waals surface area (Å²) in [5.74, 6) is 6.58. The summed E-state index contributed by atoms with van der Waals surface area (Å²) in [6, 6.07) is 8.36. The molecule has 2 rings (SSSR count). The molecule has 0 spiro atoms. The van der Waals surface area contributed by atoms with Crippen LogP contribution in [0.4, 0.5) is 0 Å². The van der Waals surface area contributed by atoms with Gasteiger partial charge < -0.3 is 9.47 Å². The van der Waals surface area contributed by atoms with Gasteiger partial charge in [-0.3, -0.25) is 11.3 Å². The van der Waals surface area contributed by atoms with E-state index in [1.165, 1.54) is 12.0 Å². The minimum absolute atomic E-state index is 0.0376. The van der Waals surface area contributed by atoms with Crippen molar-refractivity contribution in [1.29, 1.82) is 0 Å². The zero-order valence-electron chi connectivity index (χ0n) is 11.8. The second-order valence-corrected chi connectivity index (χ2v) is 5.36. The Morgan fingerprint density at radius 3 is 2.68 bits per heavy atom. The van der Waals surface area contributed by atoms with E-state index in [2.05, 4.69) is 17.6 Å². The fourth-order valence-electron chi connectivity index (χ4n) is 2.79. The Bertz CT molecular complexity index is 399. The summed E-state index contributed by atoms with van der Waals surface area (Å²) < 4.78 is 10.9. The number of methoxy groups -OCH3 is 2. The molecule has 0 heterocycles. The first-order chi connectivity index (χ1) is 9.21. The van der Waals surface area contributed by atoms with Gasteiger partial charge in [-0.25, -0.2) is 0 Å². The number of hydrazine groups is 1. The fraction of sp³-hybridized carbons (Fsp3) is 0.600. The Kier molecular flexibility index (Phi) is 4.80. The van der Waals surface area contributed by atoms with E-state index in [-0.39, 0.29) is 11.6 Å². The quantitative estimate of drug-likeness (QED) is 0.584. The van der Waals surface area contributed by atoms with Crippen molar-refractivity contribution < 1.29 is 9.47 Å². The van der Waals surface area contributed by atoms with E-state index in [9.17, 15) is 0 Å². The van der Waals surface area contributed by atoms with Gasteiger partial charge in [0.2, 0.25) is 0 Å². The van der Waals surface area contributed by atoms with E-state index < -0.39 is 0 Å². The number of benzene rings is 1. The van der Waals surface area contributed by atoms with Gasteiger partial charge in [0.15, 0.2) is 0 Å². The van der Waals surface area contributed by atoms with Crippen molar-refractivity contribution in [2.75, 3.05) is 14.2 Å². The summed E-state index contributed by atoms with van der Waals surface area (Å²) in [5, 5.41) is 0. The summed E-state index contributed by atoms with van der Waals surface area (Å²) >= 11 is 0. The van der Waals surface area contributed by atoms with E-state index in [4.69, 9.17) is 15.3 Å². The van der Waals surface area contributed by atoms with Gasteiger partial charge in [0.1, 0.15) is 5.75 Å². The molecule has 1 aliphatic carbocycles. The first-order valence-electron chi connectivity index (χ1n) is 6.85. The van der Waals surface area contributed by atoms with Crippen molar-refractivity contribution in [3.8, 4) is 5.75 Å². The van der Waals surface area contributed by atoms with Crippen LogP contribution in [0.5, 0.6) is 5.75 Å². The van der Waals surface area contributed by atoms with Gasteiger partial charge in [0.25, 0.3) is 0 Å². The number of hydrogen-bond donors (Lipinski definition) is 2. The maximum absolute atomic E-state index is 5.70. The van der Waals surface area contributed by atoms with Crippen molar-refractivity contribution >= 4 is 0 Å². The second-order valence-electron chi connectivity index (χ2n) is 5.36. The molecule has 19 heavy (non-hydrogen) atoms. The second kappa shape index (κ2) is 6.37. The zero-order chi connectivity index (χ0) is 13.7. The number of nitrogens with two attached hydrogens (primary N) is 1. The molecule has 4 heteroatoms. The van der Waals surface area contributed by atoms with E-state index in [1.807, 2.05) is 12.1 Å². The lowest BCUT2D eigenvalue weighted by molar-refractivity contribution is -0.0834. The molecule has 0 radical (unpaired) electrons. The molecule has 1 saturated carbocycles. The van der Waals surface area contributed by atoms with Crippen molar-refractivity contribution in [3.63, 3.8) is 0 Å². The normalized spacial score (nSPS) is 18.7. The highest BCUT2D eigenvalue weighted by molar-refractivity contribution is 5.29. The number of nitrogens with one attached hydrogen (secondary N) is 1. The van der Waals surface area contributed by atoms with Crippen LogP contribution in [0.3, 0.4) is 0 Å². The van der Waals surface area contributed by atoms with Crippen LogP contribution < -0.4 is 16.0 Å². The molecule has 1 aromatic rings. The van der Waals surface area contributed by atoms with Crippen LogP contribution in [0.15, 0.2) is 24.3 Å². The molecule has 0 saturated heterocycles. The van der Waals surface area contributed by atoms with E-state index in [0.717, 1.165) is 31.4 Å². The maximum Gasteiger partial charge on any atom is 0.119 e. The van der Waals surface area contributed by atoms with E-state index >= 15 is 0 Å². The highest BCUT2D eigenvalue weighted by Gasteiger charge is 2.38. The van der Waals surface area contributed by atoms with Crippen LogP contribution in [-0.4, -0.2) is 25.9 Å². The first-order valence-corrected chi connectivity index (χ1v) is 6.85. The van der Waals surface area contributed by atoms with Crippen LogP contribution in [0.2, 0.25) is 0 Å². The highest BCUT2D eigenvalue weighted by Crippen LogP contribution is 2.39. The topological polar surface area (TPSA) is 56.5 Å². The SMILES string of the molecule is COc1cccc(CC(CC2(OC)CCC2)NN)c1. The summed E-state index contributed by atoms with van der Waals surface area (Å²) in [5.41, 5.74) is 4.19. The molecular formula is C15H24N2O2. The largest absolute Gasteiger partial charge is 0.497 e. The van der Waals surface area contributed by atoms with Crippen LogP contribution in [0.1, 0.15) is 31.2 Å². The summed E-state index contributed by atoms with van der Waals surface area (Å²) in [6.07, 6.45) is 5.37. The minimum Gasteiger partial charge on any atom is -0.497 e. The highest BCUT2D eigenvalue weighted by atomic mass is 16.5. The number of ether oxygens (including phenoxy) is 2. The Morgan fingerprint density at radius 1 is 1.37 bits per heavy atom. The van der Waals surface area contributed by atoms with Gasteiger partial charge in [-0.2, -0.15) is 0 Å². The van der Waals surface area contributed by atoms with Crippen LogP contribution >= 0.6 is 0 Å². The van der Waals surface area contributed by atoms with Crippen molar-refractivity contribution in [2.24, 2.45) is 5.84 Å². The monoisotopic (exact) mass is 264 g/mol. The average molecular weight is 264 g/mol. The molecule has 3 N–H and O–H groups in total. The summed E-state index contributed by atoms with van der Waals surface area (Å²) in [6.45, 7) is 0. The van der Waals surface area contributed by atoms with Crippen molar-refractivity contribution in [3.05, 3.63) is 29.8 Å². The predicted molar refractivity (Wildman–Crippen MR) is 76.0 cm³/mol. The van der Waals surface area contributed by atoms with Crippen molar-refractivity contribution in [2.45, 2.75) is 43.7 Å². The van der Waals surface area contributed by atoms with Gasteiger partial charge in [-0.05, 0) is 49.8 Å². The van der Waals surface area contributed by atoms with Gasteiger partial charge in [0, 0.05) is 13.2 Å². The Labute approximate surface area is 115 Å². The molecule has 1 atom stereocenters. The molecule has 0 bridgehead atoms.